The first-order chi connectivity index (χ1) is 10.3. The maximum absolute atomic E-state index is 11.3. The second-order valence-corrected chi connectivity index (χ2v) is 5.63. The van der Waals surface area contributed by atoms with Crippen LogP contribution in [0.2, 0.25) is 0 Å². The number of hydrogen-bond donors (Lipinski definition) is 0. The van der Waals surface area contributed by atoms with Gasteiger partial charge in [0.2, 0.25) is 0 Å². The predicted molar refractivity (Wildman–Crippen MR) is 86.3 cm³/mol. The van der Waals surface area contributed by atoms with E-state index in [0.29, 0.717) is 12.1 Å². The van der Waals surface area contributed by atoms with Crippen LogP contribution in [0.5, 0.6) is 0 Å². The normalized spacial score (nSPS) is 10.5. The van der Waals surface area contributed by atoms with Gasteiger partial charge in [-0.3, -0.25) is 9.48 Å². The maximum Gasteiger partial charge on any atom is 0.153 e. The van der Waals surface area contributed by atoms with Crippen molar-refractivity contribution >= 4 is 22.2 Å². The molecule has 0 bridgehead atoms. The molecule has 0 saturated heterocycles. The zero-order chi connectivity index (χ0) is 14.7. The van der Waals surface area contributed by atoms with Gasteiger partial charge in [0, 0.05) is 10.0 Å². The quantitative estimate of drug-likeness (QED) is 0.668. The van der Waals surface area contributed by atoms with Gasteiger partial charge >= 0.3 is 0 Å². The van der Waals surface area contributed by atoms with E-state index < -0.39 is 0 Å². The topological polar surface area (TPSA) is 34.9 Å². The Kier molecular flexibility index (Phi) is 3.97. The van der Waals surface area contributed by atoms with Crippen molar-refractivity contribution < 1.29 is 4.79 Å². The lowest BCUT2D eigenvalue weighted by molar-refractivity contribution is 0.112. The van der Waals surface area contributed by atoms with Gasteiger partial charge < -0.3 is 0 Å². The average Bonchev–Trinajstić information content (AvgIpc) is 2.93. The molecular weight excluding hydrogens is 328 g/mol. The van der Waals surface area contributed by atoms with Crippen LogP contribution in [0.25, 0.3) is 11.3 Å². The predicted octanol–water partition coefficient (Wildman–Crippen LogP) is 4.17. The molecule has 4 heteroatoms. The minimum absolute atomic E-state index is 0.610. The lowest BCUT2D eigenvalue weighted by Crippen LogP contribution is -2.04. The highest BCUT2D eigenvalue weighted by Gasteiger charge is 2.12. The van der Waals surface area contributed by atoms with Crippen molar-refractivity contribution in [3.63, 3.8) is 0 Å². The summed E-state index contributed by atoms with van der Waals surface area (Å²) in [6.45, 7) is 0.630. The van der Waals surface area contributed by atoms with Gasteiger partial charge in [0.15, 0.2) is 6.29 Å². The minimum Gasteiger partial charge on any atom is -0.298 e. The second kappa shape index (κ2) is 6.06. The summed E-state index contributed by atoms with van der Waals surface area (Å²) in [6, 6.07) is 17.9. The smallest absolute Gasteiger partial charge is 0.153 e. The van der Waals surface area contributed by atoms with Gasteiger partial charge in [-0.05, 0) is 17.7 Å². The molecule has 0 unspecified atom stereocenters. The number of benzene rings is 2. The third-order valence-corrected chi connectivity index (χ3v) is 3.82. The summed E-state index contributed by atoms with van der Waals surface area (Å²) in [7, 11) is 0. The van der Waals surface area contributed by atoms with Gasteiger partial charge in [-0.15, -0.1) is 0 Å². The molecule has 0 fully saturated rings. The second-order valence-electron chi connectivity index (χ2n) is 4.72. The fraction of sp³-hybridized carbons (Fsp3) is 0.0588. The number of aldehydes is 1. The molecule has 0 aliphatic heterocycles. The van der Waals surface area contributed by atoms with Crippen LogP contribution in [0.4, 0.5) is 0 Å². The van der Waals surface area contributed by atoms with E-state index in [1.54, 1.807) is 6.20 Å². The molecule has 3 nitrogen and oxygen atoms in total. The van der Waals surface area contributed by atoms with E-state index in [9.17, 15) is 4.79 Å². The number of carbonyl (C=O) groups excluding carboxylic acids is 1. The highest BCUT2D eigenvalue weighted by atomic mass is 79.9. The lowest BCUT2D eigenvalue weighted by atomic mass is 10.1. The first-order valence-corrected chi connectivity index (χ1v) is 7.38. The zero-order valence-electron chi connectivity index (χ0n) is 11.2. The summed E-state index contributed by atoms with van der Waals surface area (Å²) in [5.41, 5.74) is 3.59. The largest absolute Gasteiger partial charge is 0.298 e. The number of halogens is 1. The molecule has 0 spiro atoms. The van der Waals surface area contributed by atoms with E-state index in [4.69, 9.17) is 0 Å². The molecule has 104 valence electrons. The lowest BCUT2D eigenvalue weighted by Gasteiger charge is -2.09. The molecule has 0 amide bonds. The monoisotopic (exact) mass is 340 g/mol. The summed E-state index contributed by atoms with van der Waals surface area (Å²) in [5.74, 6) is 0. The highest BCUT2D eigenvalue weighted by Crippen LogP contribution is 2.23. The van der Waals surface area contributed by atoms with E-state index >= 15 is 0 Å². The molecule has 2 aromatic carbocycles. The van der Waals surface area contributed by atoms with Crippen LogP contribution in [-0.4, -0.2) is 16.1 Å². The molecule has 0 aliphatic rings. The number of carbonyl (C=O) groups is 1. The fourth-order valence-corrected chi connectivity index (χ4v) is 2.54. The Morgan fingerprint density at radius 1 is 1.05 bits per heavy atom. The minimum atomic E-state index is 0.610. The van der Waals surface area contributed by atoms with Crippen molar-refractivity contribution in [1.82, 2.24) is 9.78 Å². The van der Waals surface area contributed by atoms with Crippen LogP contribution < -0.4 is 0 Å². The van der Waals surface area contributed by atoms with E-state index in [1.165, 1.54) is 0 Å². The van der Waals surface area contributed by atoms with E-state index in [1.807, 2.05) is 59.3 Å². The molecule has 3 aromatic rings. The third kappa shape index (κ3) is 2.95. The van der Waals surface area contributed by atoms with Crippen molar-refractivity contribution in [3.8, 4) is 11.3 Å². The SMILES string of the molecule is O=Cc1cnn(Cc2ccc(Br)cc2)c1-c1ccccc1. The van der Waals surface area contributed by atoms with Crippen LogP contribution in [0, 0.1) is 0 Å². The third-order valence-electron chi connectivity index (χ3n) is 3.29. The molecule has 1 heterocycles. The molecular formula is C17H13BrN2O. The zero-order valence-corrected chi connectivity index (χ0v) is 12.8. The Balaban J connectivity index is 2.01. The summed E-state index contributed by atoms with van der Waals surface area (Å²) < 4.78 is 2.91. The summed E-state index contributed by atoms with van der Waals surface area (Å²) in [5, 5.41) is 4.35. The van der Waals surface area contributed by atoms with Gasteiger partial charge in [0.1, 0.15) is 0 Å². The Bertz CT molecular complexity index is 748. The Morgan fingerprint density at radius 3 is 2.43 bits per heavy atom. The molecule has 21 heavy (non-hydrogen) atoms. The van der Waals surface area contributed by atoms with Crippen molar-refractivity contribution in [2.24, 2.45) is 0 Å². The Morgan fingerprint density at radius 2 is 1.76 bits per heavy atom. The first-order valence-electron chi connectivity index (χ1n) is 6.59. The van der Waals surface area contributed by atoms with Gasteiger partial charge in [0.05, 0.1) is 24.0 Å². The highest BCUT2D eigenvalue weighted by molar-refractivity contribution is 9.10. The molecule has 1 aromatic heterocycles. The molecule has 0 aliphatic carbocycles. The fourth-order valence-electron chi connectivity index (χ4n) is 2.28. The summed E-state index contributed by atoms with van der Waals surface area (Å²) >= 11 is 3.43. The van der Waals surface area contributed by atoms with Crippen LogP contribution in [0.15, 0.2) is 65.3 Å². The van der Waals surface area contributed by atoms with E-state index in [0.717, 1.165) is 27.6 Å². The van der Waals surface area contributed by atoms with Crippen LogP contribution in [-0.2, 0) is 6.54 Å². The standard InChI is InChI=1S/C17H13BrN2O/c18-16-8-6-13(7-9-16)11-20-17(15(12-21)10-19-20)14-4-2-1-3-5-14/h1-10,12H,11H2. The van der Waals surface area contributed by atoms with Crippen molar-refractivity contribution in [2.75, 3.05) is 0 Å². The number of aromatic nitrogens is 2. The van der Waals surface area contributed by atoms with Crippen LogP contribution >= 0.6 is 15.9 Å². The van der Waals surface area contributed by atoms with Gasteiger partial charge in [0.25, 0.3) is 0 Å². The van der Waals surface area contributed by atoms with Gasteiger partial charge in [-0.1, -0.05) is 58.4 Å². The van der Waals surface area contributed by atoms with E-state index in [-0.39, 0.29) is 0 Å². The average molecular weight is 341 g/mol. The Labute approximate surface area is 131 Å². The van der Waals surface area contributed by atoms with Gasteiger partial charge in [-0.2, -0.15) is 5.10 Å². The number of hydrogen-bond acceptors (Lipinski definition) is 2. The van der Waals surface area contributed by atoms with Crippen molar-refractivity contribution in [2.45, 2.75) is 6.54 Å². The number of nitrogens with zero attached hydrogens (tertiary/aromatic N) is 2. The summed E-state index contributed by atoms with van der Waals surface area (Å²) in [4.78, 5) is 11.3. The summed E-state index contributed by atoms with van der Waals surface area (Å²) in [6.07, 6.45) is 2.47. The van der Waals surface area contributed by atoms with Gasteiger partial charge in [-0.25, -0.2) is 0 Å². The van der Waals surface area contributed by atoms with E-state index in [2.05, 4.69) is 21.0 Å². The Hall–Kier alpha value is -2.20. The van der Waals surface area contributed by atoms with Crippen molar-refractivity contribution in [1.29, 1.82) is 0 Å². The first kappa shape index (κ1) is 13.8. The number of rotatable bonds is 4. The molecule has 3 rings (SSSR count). The molecule has 0 radical (unpaired) electrons. The molecule has 0 N–H and O–H groups in total. The maximum atomic E-state index is 11.3. The molecule has 0 saturated carbocycles. The molecule has 0 atom stereocenters. The van der Waals surface area contributed by atoms with Crippen molar-refractivity contribution in [3.05, 3.63) is 76.4 Å². The van der Waals surface area contributed by atoms with Crippen LogP contribution in [0.3, 0.4) is 0 Å². The van der Waals surface area contributed by atoms with Crippen LogP contribution in [0.1, 0.15) is 15.9 Å².